The van der Waals surface area contributed by atoms with Crippen LogP contribution in [0.1, 0.15) is 49.7 Å². The van der Waals surface area contributed by atoms with Gasteiger partial charge >= 0.3 is 0 Å². The Morgan fingerprint density at radius 3 is 2.50 bits per heavy atom. The van der Waals surface area contributed by atoms with Gasteiger partial charge in [-0.15, -0.1) is 0 Å². The van der Waals surface area contributed by atoms with E-state index in [4.69, 9.17) is 0 Å². The molecule has 22 heavy (non-hydrogen) atoms. The van der Waals surface area contributed by atoms with Gasteiger partial charge in [-0.3, -0.25) is 4.79 Å². The monoisotopic (exact) mass is 300 g/mol. The van der Waals surface area contributed by atoms with Crippen molar-refractivity contribution < 1.29 is 14.7 Å². The van der Waals surface area contributed by atoms with Gasteiger partial charge in [0.1, 0.15) is 0 Å². The molecule has 4 nitrogen and oxygen atoms in total. The molecule has 0 radical (unpaired) electrons. The first kappa shape index (κ1) is 15.1. The molecule has 1 aromatic rings. The van der Waals surface area contributed by atoms with E-state index in [-0.39, 0.29) is 5.91 Å². The number of aryl methyl sites for hydroxylation is 1. The molecule has 0 aromatic heterocycles. The third kappa shape index (κ3) is 3.01. The lowest BCUT2D eigenvalue weighted by molar-refractivity contribution is -0.313. The Kier molecular flexibility index (Phi) is 4.46. The maximum absolute atomic E-state index is 12.6. The van der Waals surface area contributed by atoms with Crippen molar-refractivity contribution in [1.29, 1.82) is 0 Å². The summed E-state index contributed by atoms with van der Waals surface area (Å²) in [4.78, 5) is 23.8. The molecule has 1 aromatic carbocycles. The van der Waals surface area contributed by atoms with Gasteiger partial charge in [-0.2, -0.15) is 0 Å². The van der Waals surface area contributed by atoms with E-state index in [9.17, 15) is 14.7 Å². The zero-order chi connectivity index (χ0) is 15.5. The van der Waals surface area contributed by atoms with E-state index in [0.717, 1.165) is 37.8 Å². The first-order valence-electron chi connectivity index (χ1n) is 8.29. The highest BCUT2D eigenvalue weighted by Gasteiger charge is 2.32. The van der Waals surface area contributed by atoms with Crippen LogP contribution in [0.2, 0.25) is 0 Å². The largest absolute Gasteiger partial charge is 0.550 e. The van der Waals surface area contributed by atoms with Crippen LogP contribution in [-0.4, -0.2) is 11.9 Å². The van der Waals surface area contributed by atoms with Gasteiger partial charge in [-0.05, 0) is 55.7 Å². The second kappa shape index (κ2) is 6.51. The molecule has 2 aliphatic carbocycles. The van der Waals surface area contributed by atoms with Crippen molar-refractivity contribution in [3.8, 4) is 0 Å². The molecule has 1 fully saturated rings. The van der Waals surface area contributed by atoms with Crippen molar-refractivity contribution in [2.45, 2.75) is 51.4 Å². The fraction of sp³-hybridized carbons (Fsp3) is 0.556. The zero-order valence-corrected chi connectivity index (χ0v) is 12.8. The van der Waals surface area contributed by atoms with E-state index < -0.39 is 17.8 Å². The van der Waals surface area contributed by atoms with Crippen LogP contribution in [0.3, 0.4) is 0 Å². The summed E-state index contributed by atoms with van der Waals surface area (Å²) in [5.41, 5.74) is 3.40. The summed E-state index contributed by atoms with van der Waals surface area (Å²) < 4.78 is 0. The van der Waals surface area contributed by atoms with Gasteiger partial charge in [0.25, 0.3) is 0 Å². The van der Waals surface area contributed by atoms with Crippen LogP contribution in [0.5, 0.6) is 0 Å². The highest BCUT2D eigenvalue weighted by atomic mass is 16.4. The summed E-state index contributed by atoms with van der Waals surface area (Å²) >= 11 is 0. The molecule has 118 valence electrons. The lowest BCUT2D eigenvalue weighted by Crippen LogP contribution is -2.42. The van der Waals surface area contributed by atoms with Gasteiger partial charge in [0.15, 0.2) is 0 Å². The average molecular weight is 300 g/mol. The van der Waals surface area contributed by atoms with Crippen LogP contribution in [-0.2, 0) is 22.4 Å². The topological polar surface area (TPSA) is 69.2 Å². The van der Waals surface area contributed by atoms with Gasteiger partial charge in [0.2, 0.25) is 5.91 Å². The zero-order valence-electron chi connectivity index (χ0n) is 12.8. The number of fused-ring (bicyclic) bond motifs is 1. The molecule has 3 rings (SSSR count). The number of carbonyl (C=O) groups is 2. The molecule has 4 heteroatoms. The van der Waals surface area contributed by atoms with Gasteiger partial charge in [-0.25, -0.2) is 0 Å². The Morgan fingerprint density at radius 1 is 1.00 bits per heavy atom. The highest BCUT2D eigenvalue weighted by molar-refractivity contribution is 5.95. The number of nitrogens with one attached hydrogen (secondary N) is 1. The van der Waals surface area contributed by atoms with Crippen LogP contribution in [0.4, 0.5) is 5.69 Å². The van der Waals surface area contributed by atoms with Crippen LogP contribution in [0.25, 0.3) is 0 Å². The number of amides is 1. The van der Waals surface area contributed by atoms with Crippen molar-refractivity contribution in [2.75, 3.05) is 5.32 Å². The van der Waals surface area contributed by atoms with Crippen LogP contribution in [0.15, 0.2) is 18.2 Å². The van der Waals surface area contributed by atoms with E-state index >= 15 is 0 Å². The minimum atomic E-state index is -1.09. The number of carboxylic acids is 1. The van der Waals surface area contributed by atoms with Crippen molar-refractivity contribution >= 4 is 17.6 Å². The Labute approximate surface area is 130 Å². The minimum absolute atomic E-state index is 0.159. The molecule has 0 heterocycles. The lowest BCUT2D eigenvalue weighted by Gasteiger charge is -2.31. The molecule has 0 spiro atoms. The molecular weight excluding hydrogens is 278 g/mol. The normalized spacial score (nSPS) is 24.4. The van der Waals surface area contributed by atoms with Gasteiger partial charge < -0.3 is 15.2 Å². The number of hydrogen-bond acceptors (Lipinski definition) is 3. The van der Waals surface area contributed by atoms with Crippen molar-refractivity contribution in [2.24, 2.45) is 11.8 Å². The van der Waals surface area contributed by atoms with Crippen LogP contribution < -0.4 is 10.4 Å². The van der Waals surface area contributed by atoms with Crippen LogP contribution >= 0.6 is 0 Å². The first-order valence-corrected chi connectivity index (χ1v) is 8.29. The average Bonchev–Trinajstić information content (AvgIpc) is 2.55. The van der Waals surface area contributed by atoms with Crippen molar-refractivity contribution in [3.63, 3.8) is 0 Å². The summed E-state index contributed by atoms with van der Waals surface area (Å²) in [6, 6.07) is 6.02. The molecule has 2 atom stereocenters. The predicted octanol–water partition coefficient (Wildman–Crippen LogP) is 2.06. The minimum Gasteiger partial charge on any atom is -0.550 e. The summed E-state index contributed by atoms with van der Waals surface area (Å²) in [5.74, 6) is -2.35. The number of carboxylic acid groups (broad SMARTS) is 1. The second-order valence-corrected chi connectivity index (χ2v) is 6.46. The molecule has 0 saturated heterocycles. The van der Waals surface area contributed by atoms with E-state index in [1.54, 1.807) is 0 Å². The SMILES string of the molecule is O=C([O-])[C@H]1CCCC[C@@H]1C(=O)Nc1cccc2c1CCCC2. The number of carbonyl (C=O) groups excluding carboxylic acids is 2. The van der Waals surface area contributed by atoms with Gasteiger partial charge in [0.05, 0.1) is 0 Å². The van der Waals surface area contributed by atoms with E-state index in [1.807, 2.05) is 12.1 Å². The Bertz CT molecular complexity index is 582. The smallest absolute Gasteiger partial charge is 0.228 e. The number of rotatable bonds is 3. The standard InChI is InChI=1S/C18H23NO3/c20-17(14-9-3-4-10-15(14)18(21)22)19-16-11-5-7-12-6-1-2-8-13(12)16/h5,7,11,14-15H,1-4,6,8-10H2,(H,19,20)(H,21,22)/p-1/t14-,15-/m0/s1. The second-order valence-electron chi connectivity index (χ2n) is 6.46. The summed E-state index contributed by atoms with van der Waals surface area (Å²) in [7, 11) is 0. The molecule has 1 saturated carbocycles. The van der Waals surface area contributed by atoms with Gasteiger partial charge in [0, 0.05) is 23.5 Å². The predicted molar refractivity (Wildman–Crippen MR) is 82.2 cm³/mol. The quantitative estimate of drug-likeness (QED) is 0.929. The number of aliphatic carboxylic acids is 1. The molecule has 2 aliphatic rings. The Morgan fingerprint density at radius 2 is 1.73 bits per heavy atom. The number of benzene rings is 1. The molecule has 0 bridgehead atoms. The summed E-state index contributed by atoms with van der Waals surface area (Å²) in [5, 5.41) is 14.3. The molecule has 0 aliphatic heterocycles. The molecule has 1 amide bonds. The third-order valence-corrected chi connectivity index (χ3v) is 5.06. The maximum Gasteiger partial charge on any atom is 0.228 e. The lowest BCUT2D eigenvalue weighted by atomic mass is 9.78. The highest BCUT2D eigenvalue weighted by Crippen LogP contribution is 2.32. The van der Waals surface area contributed by atoms with Crippen molar-refractivity contribution in [3.05, 3.63) is 29.3 Å². The molecular formula is C18H22NO3-. The summed E-state index contributed by atoms with van der Waals surface area (Å²) in [6.07, 6.45) is 7.35. The molecule has 0 unspecified atom stereocenters. The maximum atomic E-state index is 12.6. The van der Waals surface area contributed by atoms with Crippen molar-refractivity contribution in [1.82, 2.24) is 0 Å². The first-order chi connectivity index (χ1) is 10.7. The number of hydrogen-bond donors (Lipinski definition) is 1. The van der Waals surface area contributed by atoms with Crippen LogP contribution in [0, 0.1) is 11.8 Å². The van der Waals surface area contributed by atoms with E-state index in [1.165, 1.54) is 17.5 Å². The molecule has 1 N–H and O–H groups in total. The van der Waals surface area contributed by atoms with Gasteiger partial charge in [-0.1, -0.05) is 25.0 Å². The third-order valence-electron chi connectivity index (χ3n) is 5.06. The fourth-order valence-electron chi connectivity index (χ4n) is 3.85. The number of anilines is 1. The van der Waals surface area contributed by atoms with E-state index in [0.29, 0.717) is 12.8 Å². The summed E-state index contributed by atoms with van der Waals surface area (Å²) in [6.45, 7) is 0. The van der Waals surface area contributed by atoms with E-state index in [2.05, 4.69) is 11.4 Å². The fourth-order valence-corrected chi connectivity index (χ4v) is 3.85. The Hall–Kier alpha value is -1.84. The Balaban J connectivity index is 1.78.